The number of anilines is 1. The lowest BCUT2D eigenvalue weighted by Gasteiger charge is -2.29. The van der Waals surface area contributed by atoms with Gasteiger partial charge in [0.05, 0.1) is 17.0 Å². The summed E-state index contributed by atoms with van der Waals surface area (Å²) in [6.07, 6.45) is 5.45. The molecule has 0 spiro atoms. The van der Waals surface area contributed by atoms with E-state index in [9.17, 15) is 12.8 Å². The number of rotatable bonds is 7. The number of aromatic nitrogens is 1. The van der Waals surface area contributed by atoms with Gasteiger partial charge >= 0.3 is 0 Å². The minimum absolute atomic E-state index is 0.262. The molecule has 37 heavy (non-hydrogen) atoms. The lowest BCUT2D eigenvalue weighted by atomic mass is 9.92. The summed E-state index contributed by atoms with van der Waals surface area (Å²) in [4.78, 5) is 7.61. The van der Waals surface area contributed by atoms with Crippen LogP contribution in [0.4, 0.5) is 10.1 Å². The molecule has 192 valence electrons. The number of nitrogens with zero attached hydrogens (tertiary/aromatic N) is 2. The third kappa shape index (κ3) is 5.62. The van der Waals surface area contributed by atoms with E-state index in [-0.39, 0.29) is 10.7 Å². The van der Waals surface area contributed by atoms with Crippen molar-refractivity contribution in [3.63, 3.8) is 0 Å². The number of hydrogen-bond acceptors (Lipinski definition) is 5. The van der Waals surface area contributed by atoms with E-state index < -0.39 is 9.84 Å². The third-order valence-electron chi connectivity index (χ3n) is 7.00. The third-order valence-corrected chi connectivity index (χ3v) is 8.13. The van der Waals surface area contributed by atoms with Crippen LogP contribution < -0.4 is 9.64 Å². The molecule has 1 saturated heterocycles. The summed E-state index contributed by atoms with van der Waals surface area (Å²) in [7, 11) is -3.25. The highest BCUT2D eigenvalue weighted by molar-refractivity contribution is 7.90. The molecule has 1 aliphatic heterocycles. The van der Waals surface area contributed by atoms with Crippen molar-refractivity contribution in [1.82, 2.24) is 4.98 Å². The average Bonchev–Trinajstić information content (AvgIpc) is 2.89. The largest absolute Gasteiger partial charge is 0.493 e. The quantitative estimate of drug-likeness (QED) is 0.285. The highest BCUT2D eigenvalue weighted by Gasteiger charge is 2.18. The molecule has 0 unspecified atom stereocenters. The maximum atomic E-state index is 13.8. The summed E-state index contributed by atoms with van der Waals surface area (Å²) in [5, 5.41) is 1.05. The molecule has 0 radical (unpaired) electrons. The van der Waals surface area contributed by atoms with Crippen LogP contribution in [0.25, 0.3) is 22.0 Å². The minimum atomic E-state index is -3.25. The number of piperidine rings is 1. The van der Waals surface area contributed by atoms with Crippen molar-refractivity contribution in [2.75, 3.05) is 30.9 Å². The smallest absolute Gasteiger partial charge is 0.175 e. The zero-order valence-corrected chi connectivity index (χ0v) is 22.0. The van der Waals surface area contributed by atoms with Crippen molar-refractivity contribution in [1.29, 1.82) is 0 Å². The minimum Gasteiger partial charge on any atom is -0.493 e. The van der Waals surface area contributed by atoms with Gasteiger partial charge in [-0.25, -0.2) is 12.8 Å². The van der Waals surface area contributed by atoms with Gasteiger partial charge in [-0.3, -0.25) is 4.98 Å². The number of ether oxygens (including phenoxy) is 1. The molecule has 1 fully saturated rings. The zero-order valence-electron chi connectivity index (χ0n) is 21.2. The number of benzene rings is 3. The lowest BCUT2D eigenvalue weighted by molar-refractivity contribution is 0.321. The molecule has 0 aliphatic carbocycles. The van der Waals surface area contributed by atoms with Crippen molar-refractivity contribution in [2.24, 2.45) is 0 Å². The van der Waals surface area contributed by atoms with Gasteiger partial charge in [0.15, 0.2) is 9.84 Å². The van der Waals surface area contributed by atoms with Gasteiger partial charge in [0, 0.05) is 42.5 Å². The van der Waals surface area contributed by atoms with Crippen molar-refractivity contribution in [3.8, 4) is 16.9 Å². The summed E-state index contributed by atoms with van der Waals surface area (Å²) < 4.78 is 43.3. The Morgan fingerprint density at radius 3 is 2.32 bits per heavy atom. The first-order valence-corrected chi connectivity index (χ1v) is 14.6. The standard InChI is InChI=1S/C30H31FN2O3S/c1-21-27(16-19-36-25-11-13-26(14-12-25)37(2,34)35)30(22-6-8-23(31)9-7-22)28-20-24(10-15-29(28)32-21)33-17-4-3-5-18-33/h6-15,20H,3-5,16-19H2,1-2H3. The molecular formula is C30H31FN2O3S. The second-order valence-electron chi connectivity index (χ2n) is 9.65. The van der Waals surface area contributed by atoms with Gasteiger partial charge in [-0.15, -0.1) is 0 Å². The molecule has 0 amide bonds. The Balaban J connectivity index is 1.50. The molecule has 2 heterocycles. The number of aryl methyl sites for hydroxylation is 1. The van der Waals surface area contributed by atoms with Crippen molar-refractivity contribution in [2.45, 2.75) is 37.5 Å². The Hall–Kier alpha value is -3.45. The molecule has 0 bridgehead atoms. The topological polar surface area (TPSA) is 59.5 Å². The highest BCUT2D eigenvalue weighted by Crippen LogP contribution is 2.36. The molecule has 0 N–H and O–H groups in total. The Labute approximate surface area is 217 Å². The van der Waals surface area contributed by atoms with Crippen LogP contribution in [0.15, 0.2) is 71.6 Å². The average molecular weight is 519 g/mol. The molecule has 4 aromatic rings. The predicted octanol–water partition coefficient (Wildman–Crippen LogP) is 6.36. The molecule has 0 saturated carbocycles. The first-order valence-electron chi connectivity index (χ1n) is 12.7. The molecule has 0 atom stereocenters. The molecule has 1 aromatic heterocycles. The first kappa shape index (κ1) is 25.2. The summed E-state index contributed by atoms with van der Waals surface area (Å²) in [6, 6.07) is 19.6. The Kier molecular flexibility index (Phi) is 7.15. The van der Waals surface area contributed by atoms with E-state index in [4.69, 9.17) is 9.72 Å². The fourth-order valence-corrected chi connectivity index (χ4v) is 5.70. The van der Waals surface area contributed by atoms with Crippen LogP contribution >= 0.6 is 0 Å². The van der Waals surface area contributed by atoms with E-state index in [0.717, 1.165) is 46.4 Å². The Morgan fingerprint density at radius 1 is 0.946 bits per heavy atom. The fourth-order valence-electron chi connectivity index (χ4n) is 5.07. The molecule has 5 rings (SSSR count). The summed E-state index contributed by atoms with van der Waals surface area (Å²) >= 11 is 0. The van der Waals surface area contributed by atoms with Crippen LogP contribution in [0.3, 0.4) is 0 Å². The Morgan fingerprint density at radius 2 is 1.65 bits per heavy atom. The number of pyridine rings is 1. The van der Waals surface area contributed by atoms with E-state index in [2.05, 4.69) is 23.1 Å². The lowest BCUT2D eigenvalue weighted by Crippen LogP contribution is -2.29. The van der Waals surface area contributed by atoms with Crippen molar-refractivity contribution < 1.29 is 17.5 Å². The van der Waals surface area contributed by atoms with Crippen LogP contribution in [0, 0.1) is 12.7 Å². The van der Waals surface area contributed by atoms with Crippen LogP contribution in [0.1, 0.15) is 30.5 Å². The monoisotopic (exact) mass is 518 g/mol. The van der Waals surface area contributed by atoms with Gasteiger partial charge in [0.25, 0.3) is 0 Å². The van der Waals surface area contributed by atoms with Crippen LogP contribution in [-0.2, 0) is 16.3 Å². The van der Waals surface area contributed by atoms with E-state index in [1.54, 1.807) is 24.3 Å². The van der Waals surface area contributed by atoms with E-state index in [1.165, 1.54) is 43.3 Å². The van der Waals surface area contributed by atoms with E-state index >= 15 is 0 Å². The zero-order chi connectivity index (χ0) is 26.0. The maximum absolute atomic E-state index is 13.8. The van der Waals surface area contributed by atoms with Crippen molar-refractivity contribution >= 4 is 26.4 Å². The first-order chi connectivity index (χ1) is 17.8. The highest BCUT2D eigenvalue weighted by atomic mass is 32.2. The summed E-state index contributed by atoms with van der Waals surface area (Å²) in [6.45, 7) is 4.50. The number of sulfone groups is 1. The van der Waals surface area contributed by atoms with Crippen LogP contribution in [-0.4, -0.2) is 39.4 Å². The maximum Gasteiger partial charge on any atom is 0.175 e. The molecule has 1 aliphatic rings. The van der Waals surface area contributed by atoms with Gasteiger partial charge in [0.2, 0.25) is 0 Å². The van der Waals surface area contributed by atoms with Crippen LogP contribution in [0.5, 0.6) is 5.75 Å². The van der Waals surface area contributed by atoms with Crippen molar-refractivity contribution in [3.05, 3.63) is 83.8 Å². The number of hydrogen-bond donors (Lipinski definition) is 0. The van der Waals surface area contributed by atoms with Gasteiger partial charge in [-0.05, 0) is 97.5 Å². The molecule has 5 nitrogen and oxygen atoms in total. The molecular weight excluding hydrogens is 487 g/mol. The summed E-state index contributed by atoms with van der Waals surface area (Å²) in [5.41, 5.74) is 6.07. The van der Waals surface area contributed by atoms with Gasteiger partial charge in [-0.2, -0.15) is 0 Å². The number of halogens is 1. The van der Waals surface area contributed by atoms with Gasteiger partial charge in [-0.1, -0.05) is 12.1 Å². The van der Waals surface area contributed by atoms with Crippen LogP contribution in [0.2, 0.25) is 0 Å². The SMILES string of the molecule is Cc1nc2ccc(N3CCCCC3)cc2c(-c2ccc(F)cc2)c1CCOc1ccc(S(C)(=O)=O)cc1. The van der Waals surface area contributed by atoms with Gasteiger partial charge in [0.1, 0.15) is 11.6 Å². The van der Waals surface area contributed by atoms with Gasteiger partial charge < -0.3 is 9.64 Å². The number of fused-ring (bicyclic) bond motifs is 1. The summed E-state index contributed by atoms with van der Waals surface area (Å²) in [5.74, 6) is 0.338. The second kappa shape index (κ2) is 10.5. The second-order valence-corrected chi connectivity index (χ2v) is 11.7. The molecule has 3 aromatic carbocycles. The fraction of sp³-hybridized carbons (Fsp3) is 0.300. The Bertz CT molecular complexity index is 1510. The normalized spacial score (nSPS) is 14.2. The van der Waals surface area contributed by atoms with E-state index in [0.29, 0.717) is 18.8 Å². The predicted molar refractivity (Wildman–Crippen MR) is 147 cm³/mol. The van der Waals surface area contributed by atoms with E-state index in [1.807, 2.05) is 19.1 Å². The molecule has 7 heteroatoms.